The van der Waals surface area contributed by atoms with Gasteiger partial charge in [0, 0.05) is 5.69 Å². The lowest BCUT2D eigenvalue weighted by atomic mass is 10.2. The first kappa shape index (κ1) is 18.2. The molecular weight excluding hydrogens is 377 g/mol. The van der Waals surface area contributed by atoms with Crippen molar-refractivity contribution in [3.63, 3.8) is 0 Å². The molecule has 3 aromatic rings. The van der Waals surface area contributed by atoms with Gasteiger partial charge in [-0.05, 0) is 55.0 Å². The molecule has 1 heterocycles. The van der Waals surface area contributed by atoms with Gasteiger partial charge in [0.15, 0.2) is 0 Å². The number of pyridine rings is 1. The van der Waals surface area contributed by atoms with E-state index in [0.717, 1.165) is 5.56 Å². The van der Waals surface area contributed by atoms with Crippen LogP contribution in [-0.4, -0.2) is 13.4 Å². The third-order valence-electron chi connectivity index (χ3n) is 3.51. The molecule has 0 aliphatic carbocycles. The first-order valence-corrected chi connectivity index (χ1v) is 9.47. The standard InChI is InChI=1S/C18H15ClFN3O2S/c1-12-3-2-4-15(9-12)26(24,25)23-18-8-6-14(11-21-18)22-13-5-7-17(20)16(19)10-13/h2-11,22H,1H3,(H,21,23). The first-order valence-electron chi connectivity index (χ1n) is 7.61. The van der Waals surface area contributed by atoms with Crippen LogP contribution in [0.3, 0.4) is 0 Å². The van der Waals surface area contributed by atoms with E-state index in [0.29, 0.717) is 11.4 Å². The summed E-state index contributed by atoms with van der Waals surface area (Å²) in [4.78, 5) is 4.26. The Morgan fingerprint density at radius 1 is 1.04 bits per heavy atom. The van der Waals surface area contributed by atoms with E-state index in [9.17, 15) is 12.8 Å². The van der Waals surface area contributed by atoms with Crippen LogP contribution in [0.1, 0.15) is 5.56 Å². The summed E-state index contributed by atoms with van der Waals surface area (Å²) in [5, 5.41) is 3.02. The SMILES string of the molecule is Cc1cccc(S(=O)(=O)Nc2ccc(Nc3ccc(F)c(Cl)c3)cn2)c1. The summed E-state index contributed by atoms with van der Waals surface area (Å²) >= 11 is 5.74. The molecule has 0 atom stereocenters. The summed E-state index contributed by atoms with van der Waals surface area (Å²) in [5.74, 6) is -0.314. The average Bonchev–Trinajstić information content (AvgIpc) is 2.60. The molecule has 0 amide bonds. The maximum absolute atomic E-state index is 13.2. The lowest BCUT2D eigenvalue weighted by Gasteiger charge is -2.10. The summed E-state index contributed by atoms with van der Waals surface area (Å²) < 4.78 is 40.4. The number of anilines is 3. The highest BCUT2D eigenvalue weighted by molar-refractivity contribution is 7.92. The molecule has 2 aromatic carbocycles. The molecule has 0 aliphatic rings. The molecule has 0 aliphatic heterocycles. The van der Waals surface area contributed by atoms with E-state index in [4.69, 9.17) is 11.6 Å². The molecule has 0 bridgehead atoms. The molecule has 5 nitrogen and oxygen atoms in total. The number of halogens is 2. The molecule has 0 radical (unpaired) electrons. The van der Waals surface area contributed by atoms with E-state index in [1.165, 1.54) is 36.5 Å². The van der Waals surface area contributed by atoms with Crippen LogP contribution in [0, 0.1) is 12.7 Å². The monoisotopic (exact) mass is 391 g/mol. The second-order valence-electron chi connectivity index (χ2n) is 5.61. The Balaban J connectivity index is 1.74. The summed E-state index contributed by atoms with van der Waals surface area (Å²) in [6.45, 7) is 1.82. The van der Waals surface area contributed by atoms with E-state index in [1.54, 1.807) is 18.2 Å². The molecule has 2 N–H and O–H groups in total. The number of rotatable bonds is 5. The van der Waals surface area contributed by atoms with Gasteiger partial charge in [0.05, 0.1) is 21.8 Å². The summed E-state index contributed by atoms with van der Waals surface area (Å²) in [6.07, 6.45) is 1.46. The van der Waals surface area contributed by atoms with Crippen LogP contribution in [-0.2, 0) is 10.0 Å². The van der Waals surface area contributed by atoms with Crippen LogP contribution < -0.4 is 10.0 Å². The number of aromatic nitrogens is 1. The summed E-state index contributed by atoms with van der Waals surface area (Å²) in [6, 6.07) is 14.0. The number of nitrogens with one attached hydrogen (secondary N) is 2. The molecule has 134 valence electrons. The van der Waals surface area contributed by atoms with Crippen molar-refractivity contribution in [3.8, 4) is 0 Å². The fourth-order valence-electron chi connectivity index (χ4n) is 2.25. The zero-order valence-electron chi connectivity index (χ0n) is 13.7. The fourth-order valence-corrected chi connectivity index (χ4v) is 3.54. The molecule has 26 heavy (non-hydrogen) atoms. The van der Waals surface area contributed by atoms with Crippen molar-refractivity contribution in [2.45, 2.75) is 11.8 Å². The molecule has 0 fully saturated rings. The molecular formula is C18H15ClFN3O2S. The van der Waals surface area contributed by atoms with E-state index >= 15 is 0 Å². The Kier molecular flexibility index (Phi) is 5.11. The smallest absolute Gasteiger partial charge is 0.263 e. The summed E-state index contributed by atoms with van der Waals surface area (Å²) in [5.41, 5.74) is 2.04. The Bertz CT molecular complexity index is 1040. The minimum atomic E-state index is -3.71. The number of sulfonamides is 1. The Hall–Kier alpha value is -2.64. The minimum Gasteiger partial charge on any atom is -0.354 e. The van der Waals surface area contributed by atoms with Gasteiger partial charge in [-0.15, -0.1) is 0 Å². The first-order chi connectivity index (χ1) is 12.3. The molecule has 0 unspecified atom stereocenters. The molecule has 0 saturated carbocycles. The fraction of sp³-hybridized carbons (Fsp3) is 0.0556. The van der Waals surface area contributed by atoms with E-state index in [-0.39, 0.29) is 15.7 Å². The van der Waals surface area contributed by atoms with E-state index in [1.807, 2.05) is 13.0 Å². The van der Waals surface area contributed by atoms with Crippen molar-refractivity contribution >= 4 is 38.8 Å². The maximum atomic E-state index is 13.2. The third-order valence-corrected chi connectivity index (χ3v) is 5.15. The van der Waals surface area contributed by atoms with Gasteiger partial charge in [0.2, 0.25) is 0 Å². The van der Waals surface area contributed by atoms with Crippen LogP contribution in [0.2, 0.25) is 5.02 Å². The number of hydrogen-bond donors (Lipinski definition) is 2. The normalized spacial score (nSPS) is 11.2. The average molecular weight is 392 g/mol. The molecule has 0 saturated heterocycles. The molecule has 8 heteroatoms. The second kappa shape index (κ2) is 7.31. The van der Waals surface area contributed by atoms with Gasteiger partial charge in [0.1, 0.15) is 11.6 Å². The highest BCUT2D eigenvalue weighted by atomic mass is 35.5. The largest absolute Gasteiger partial charge is 0.354 e. The van der Waals surface area contributed by atoms with Crippen LogP contribution in [0.25, 0.3) is 0 Å². The molecule has 1 aromatic heterocycles. The highest BCUT2D eigenvalue weighted by Crippen LogP contribution is 2.23. The Labute approximate surface area is 155 Å². The van der Waals surface area contributed by atoms with E-state index < -0.39 is 15.8 Å². The number of aryl methyl sites for hydroxylation is 1. The van der Waals surface area contributed by atoms with Crippen molar-refractivity contribution in [1.82, 2.24) is 4.98 Å². The second-order valence-corrected chi connectivity index (χ2v) is 7.70. The maximum Gasteiger partial charge on any atom is 0.263 e. The molecule has 0 spiro atoms. The van der Waals surface area contributed by atoms with Crippen molar-refractivity contribution in [2.24, 2.45) is 0 Å². The van der Waals surface area contributed by atoms with Crippen LogP contribution in [0.15, 0.2) is 65.7 Å². The van der Waals surface area contributed by atoms with Crippen LogP contribution in [0.5, 0.6) is 0 Å². The van der Waals surface area contributed by atoms with Gasteiger partial charge in [-0.3, -0.25) is 4.72 Å². The Morgan fingerprint density at radius 3 is 2.46 bits per heavy atom. The predicted octanol–water partition coefficient (Wildman–Crippen LogP) is 4.73. The molecule has 3 rings (SSSR count). The third kappa shape index (κ3) is 4.30. The van der Waals surface area contributed by atoms with Crippen molar-refractivity contribution in [1.29, 1.82) is 0 Å². The van der Waals surface area contributed by atoms with E-state index in [2.05, 4.69) is 15.0 Å². The number of nitrogens with zero attached hydrogens (tertiary/aromatic N) is 1. The topological polar surface area (TPSA) is 71.1 Å². The van der Waals surface area contributed by atoms with Crippen molar-refractivity contribution in [2.75, 3.05) is 10.0 Å². The summed E-state index contributed by atoms with van der Waals surface area (Å²) in [7, 11) is -3.71. The van der Waals surface area contributed by atoms with Crippen molar-refractivity contribution in [3.05, 3.63) is 77.2 Å². The number of hydrogen-bond acceptors (Lipinski definition) is 4. The van der Waals surface area contributed by atoms with Gasteiger partial charge < -0.3 is 5.32 Å². The van der Waals surface area contributed by atoms with Crippen LogP contribution in [0.4, 0.5) is 21.6 Å². The van der Waals surface area contributed by atoms with Gasteiger partial charge in [-0.25, -0.2) is 17.8 Å². The zero-order chi connectivity index (χ0) is 18.7. The zero-order valence-corrected chi connectivity index (χ0v) is 15.3. The predicted molar refractivity (Wildman–Crippen MR) is 101 cm³/mol. The lowest BCUT2D eigenvalue weighted by Crippen LogP contribution is -2.14. The van der Waals surface area contributed by atoms with Crippen molar-refractivity contribution < 1.29 is 12.8 Å². The van der Waals surface area contributed by atoms with Gasteiger partial charge in [0.25, 0.3) is 10.0 Å². The van der Waals surface area contributed by atoms with Gasteiger partial charge in [-0.1, -0.05) is 23.7 Å². The van der Waals surface area contributed by atoms with Gasteiger partial charge >= 0.3 is 0 Å². The lowest BCUT2D eigenvalue weighted by molar-refractivity contribution is 0.601. The Morgan fingerprint density at radius 2 is 1.81 bits per heavy atom. The number of benzene rings is 2. The van der Waals surface area contributed by atoms with Crippen LogP contribution >= 0.6 is 11.6 Å². The minimum absolute atomic E-state index is 0.00509. The highest BCUT2D eigenvalue weighted by Gasteiger charge is 2.14. The quantitative estimate of drug-likeness (QED) is 0.659. The van der Waals surface area contributed by atoms with Gasteiger partial charge in [-0.2, -0.15) is 0 Å².